The van der Waals surface area contributed by atoms with E-state index in [-0.39, 0.29) is 11.9 Å². The van der Waals surface area contributed by atoms with Crippen molar-refractivity contribution in [2.75, 3.05) is 11.4 Å². The molecule has 1 atom stereocenters. The lowest BCUT2D eigenvalue weighted by Gasteiger charge is -2.31. The second kappa shape index (κ2) is 8.47. The standard InChI is InChI=1S/C25H30N6O/c1-17-20(15-29(3)28-17)16-30-13-7-10-22(30)24-26-18(2)21-11-12-23(32)31(25(21)27-24)14-19-8-5-4-6-9-19/h4-6,8-9,15,22H,7,10-14,16H2,1-3H3. The van der Waals surface area contributed by atoms with Crippen molar-refractivity contribution in [2.24, 2.45) is 7.05 Å². The van der Waals surface area contributed by atoms with Gasteiger partial charge in [-0.25, -0.2) is 9.97 Å². The molecule has 1 aromatic carbocycles. The molecule has 0 N–H and O–H groups in total. The third-order valence-electron chi connectivity index (χ3n) is 6.69. The Morgan fingerprint density at radius 2 is 1.84 bits per heavy atom. The van der Waals surface area contributed by atoms with Crippen molar-refractivity contribution >= 4 is 11.7 Å². The van der Waals surface area contributed by atoms with Gasteiger partial charge in [-0.05, 0) is 45.2 Å². The predicted octanol–water partition coefficient (Wildman–Crippen LogP) is 3.64. The highest BCUT2D eigenvalue weighted by molar-refractivity contribution is 5.95. The van der Waals surface area contributed by atoms with Crippen LogP contribution in [0.5, 0.6) is 0 Å². The van der Waals surface area contributed by atoms with Crippen molar-refractivity contribution < 1.29 is 4.79 Å². The fourth-order valence-corrected chi connectivity index (χ4v) is 5.01. The third kappa shape index (κ3) is 3.93. The van der Waals surface area contributed by atoms with Gasteiger partial charge in [0.05, 0.1) is 18.3 Å². The van der Waals surface area contributed by atoms with Crippen LogP contribution in [-0.4, -0.2) is 37.1 Å². The van der Waals surface area contributed by atoms with Gasteiger partial charge in [-0.15, -0.1) is 0 Å². The van der Waals surface area contributed by atoms with Crippen LogP contribution in [0.25, 0.3) is 0 Å². The van der Waals surface area contributed by atoms with Gasteiger partial charge in [0, 0.05) is 43.0 Å². The van der Waals surface area contributed by atoms with Crippen LogP contribution in [0.15, 0.2) is 36.5 Å². The van der Waals surface area contributed by atoms with Crippen molar-refractivity contribution in [3.8, 4) is 0 Å². The molecule has 0 spiro atoms. The van der Waals surface area contributed by atoms with E-state index in [0.717, 1.165) is 66.5 Å². The van der Waals surface area contributed by atoms with Crippen LogP contribution in [0.2, 0.25) is 0 Å². The lowest BCUT2D eigenvalue weighted by molar-refractivity contribution is -0.119. The maximum atomic E-state index is 12.9. The van der Waals surface area contributed by atoms with Crippen molar-refractivity contribution in [2.45, 2.75) is 58.7 Å². The summed E-state index contributed by atoms with van der Waals surface area (Å²) in [5, 5.41) is 4.50. The molecule has 5 rings (SSSR count). The molecule has 1 saturated heterocycles. The molecule has 1 fully saturated rings. The average Bonchev–Trinajstić information content (AvgIpc) is 3.36. The van der Waals surface area contributed by atoms with Crippen LogP contribution in [0.4, 0.5) is 5.82 Å². The van der Waals surface area contributed by atoms with Gasteiger partial charge in [0.25, 0.3) is 0 Å². The maximum absolute atomic E-state index is 12.9. The van der Waals surface area contributed by atoms with Crippen LogP contribution < -0.4 is 4.90 Å². The van der Waals surface area contributed by atoms with Gasteiger partial charge in [0.2, 0.25) is 5.91 Å². The zero-order valence-electron chi connectivity index (χ0n) is 19.1. The zero-order chi connectivity index (χ0) is 22.2. The Balaban J connectivity index is 1.47. The summed E-state index contributed by atoms with van der Waals surface area (Å²) in [6.07, 6.45) is 5.48. The Kier molecular flexibility index (Phi) is 5.51. The van der Waals surface area contributed by atoms with Gasteiger partial charge in [-0.2, -0.15) is 5.10 Å². The molecule has 0 aliphatic carbocycles. The van der Waals surface area contributed by atoms with Gasteiger partial charge in [-0.1, -0.05) is 30.3 Å². The van der Waals surface area contributed by atoms with E-state index in [0.29, 0.717) is 13.0 Å². The molecule has 2 aliphatic heterocycles. The quantitative estimate of drug-likeness (QED) is 0.618. The molecular formula is C25H30N6O. The summed E-state index contributed by atoms with van der Waals surface area (Å²) < 4.78 is 1.88. The van der Waals surface area contributed by atoms with E-state index in [1.54, 1.807) is 0 Å². The molecule has 2 aliphatic rings. The highest BCUT2D eigenvalue weighted by Crippen LogP contribution is 2.36. The summed E-state index contributed by atoms with van der Waals surface area (Å²) >= 11 is 0. The first-order valence-corrected chi connectivity index (χ1v) is 11.4. The van der Waals surface area contributed by atoms with E-state index in [1.807, 2.05) is 34.8 Å². The van der Waals surface area contributed by atoms with Crippen LogP contribution in [0.1, 0.15) is 59.2 Å². The van der Waals surface area contributed by atoms with Gasteiger partial charge in [0.1, 0.15) is 11.6 Å². The summed E-state index contributed by atoms with van der Waals surface area (Å²) in [6, 6.07) is 10.3. The van der Waals surface area contributed by atoms with E-state index in [1.165, 1.54) is 5.56 Å². The molecule has 0 bridgehead atoms. The van der Waals surface area contributed by atoms with Crippen molar-refractivity contribution in [1.82, 2.24) is 24.6 Å². The Morgan fingerprint density at radius 1 is 1.03 bits per heavy atom. The Bertz CT molecular complexity index is 1140. The summed E-state index contributed by atoms with van der Waals surface area (Å²) in [6.45, 7) is 6.53. The number of rotatable bonds is 5. The van der Waals surface area contributed by atoms with Gasteiger partial charge in [0.15, 0.2) is 0 Å². The van der Waals surface area contributed by atoms with E-state index >= 15 is 0 Å². The first-order valence-electron chi connectivity index (χ1n) is 11.4. The number of carbonyl (C=O) groups is 1. The van der Waals surface area contributed by atoms with Gasteiger partial charge < -0.3 is 0 Å². The number of carbonyl (C=O) groups excluding carboxylic acids is 1. The summed E-state index contributed by atoms with van der Waals surface area (Å²) in [7, 11) is 1.96. The van der Waals surface area contributed by atoms with Crippen LogP contribution in [0, 0.1) is 13.8 Å². The third-order valence-corrected chi connectivity index (χ3v) is 6.69. The van der Waals surface area contributed by atoms with Crippen LogP contribution >= 0.6 is 0 Å². The zero-order valence-corrected chi connectivity index (χ0v) is 19.1. The number of aromatic nitrogens is 4. The molecule has 32 heavy (non-hydrogen) atoms. The molecule has 2 aromatic heterocycles. The van der Waals surface area contributed by atoms with E-state index in [2.05, 4.69) is 42.2 Å². The Morgan fingerprint density at radius 3 is 2.59 bits per heavy atom. The molecule has 0 radical (unpaired) electrons. The predicted molar refractivity (Wildman–Crippen MR) is 123 cm³/mol. The highest BCUT2D eigenvalue weighted by atomic mass is 16.2. The van der Waals surface area contributed by atoms with Gasteiger partial charge >= 0.3 is 0 Å². The number of aryl methyl sites for hydroxylation is 3. The van der Waals surface area contributed by atoms with E-state index in [4.69, 9.17) is 9.97 Å². The number of anilines is 1. The minimum atomic E-state index is 0.139. The lowest BCUT2D eigenvalue weighted by Crippen LogP contribution is -2.37. The van der Waals surface area contributed by atoms with Crippen LogP contribution in [0.3, 0.4) is 0 Å². The fraction of sp³-hybridized carbons (Fsp3) is 0.440. The molecule has 7 heteroatoms. The molecule has 166 valence electrons. The monoisotopic (exact) mass is 430 g/mol. The second-order valence-corrected chi connectivity index (χ2v) is 8.98. The summed E-state index contributed by atoms with van der Waals surface area (Å²) in [4.78, 5) is 27.2. The first-order chi connectivity index (χ1) is 15.5. The smallest absolute Gasteiger partial charge is 0.228 e. The van der Waals surface area contributed by atoms with Crippen molar-refractivity contribution in [1.29, 1.82) is 0 Å². The highest BCUT2D eigenvalue weighted by Gasteiger charge is 2.33. The topological polar surface area (TPSA) is 67.2 Å². The largest absolute Gasteiger partial charge is 0.292 e. The number of benzene rings is 1. The minimum absolute atomic E-state index is 0.139. The molecule has 7 nitrogen and oxygen atoms in total. The normalized spacial score (nSPS) is 18.9. The number of nitrogens with zero attached hydrogens (tertiary/aromatic N) is 6. The van der Waals surface area contributed by atoms with Crippen LogP contribution in [-0.2, 0) is 31.4 Å². The van der Waals surface area contributed by atoms with E-state index in [9.17, 15) is 4.79 Å². The Hall–Kier alpha value is -3.06. The number of hydrogen-bond acceptors (Lipinski definition) is 5. The molecule has 1 amide bonds. The first kappa shape index (κ1) is 20.8. The number of amides is 1. The maximum Gasteiger partial charge on any atom is 0.228 e. The molecule has 0 saturated carbocycles. The second-order valence-electron chi connectivity index (χ2n) is 8.98. The molecule has 3 aromatic rings. The molecule has 4 heterocycles. The SMILES string of the molecule is Cc1nn(C)cc1CN1CCCC1c1nc(C)c2c(n1)N(Cc1ccccc1)C(=O)CC2. The van der Waals surface area contributed by atoms with Gasteiger partial charge in [-0.3, -0.25) is 19.3 Å². The lowest BCUT2D eigenvalue weighted by atomic mass is 10.0. The summed E-state index contributed by atoms with van der Waals surface area (Å²) in [5.74, 6) is 1.78. The average molecular weight is 431 g/mol. The summed E-state index contributed by atoms with van der Waals surface area (Å²) in [5.41, 5.74) is 5.54. The van der Waals surface area contributed by atoms with Crippen molar-refractivity contribution in [3.63, 3.8) is 0 Å². The fourth-order valence-electron chi connectivity index (χ4n) is 5.01. The van der Waals surface area contributed by atoms with Crippen molar-refractivity contribution in [3.05, 3.63) is 70.4 Å². The molecule has 1 unspecified atom stereocenters. The number of hydrogen-bond donors (Lipinski definition) is 0. The molecular weight excluding hydrogens is 400 g/mol. The Labute approximate surface area is 189 Å². The van der Waals surface area contributed by atoms with E-state index < -0.39 is 0 Å². The number of likely N-dealkylation sites (tertiary alicyclic amines) is 1. The minimum Gasteiger partial charge on any atom is -0.292 e. The number of fused-ring (bicyclic) bond motifs is 1.